The molecule has 0 fully saturated rings. The Morgan fingerprint density at radius 3 is 3.14 bits per heavy atom. The fourth-order valence-corrected chi connectivity index (χ4v) is 2.50. The fraction of sp³-hybridized carbons (Fsp3) is 0.308. The van der Waals surface area contributed by atoms with E-state index >= 15 is 0 Å². The molecule has 3 N–H and O–H groups in total. The third-order valence-electron chi connectivity index (χ3n) is 2.74. The first-order valence-corrected chi connectivity index (χ1v) is 7.35. The van der Waals surface area contributed by atoms with E-state index in [0.717, 1.165) is 0 Å². The number of anilines is 1. The van der Waals surface area contributed by atoms with E-state index in [2.05, 4.69) is 22.1 Å². The largest absolute Gasteiger partial charge is 0.467 e. The number of furan rings is 1. The number of aromatic nitrogens is 3. The minimum Gasteiger partial charge on any atom is -0.467 e. The molecule has 0 saturated heterocycles. The minimum atomic E-state index is -0.177. The SMILES string of the molecule is C=CCn1c(N)nnc1SCC(=O)NC(C)c1ccco1. The van der Waals surface area contributed by atoms with Crippen molar-refractivity contribution in [2.24, 2.45) is 0 Å². The van der Waals surface area contributed by atoms with E-state index in [9.17, 15) is 4.79 Å². The van der Waals surface area contributed by atoms with Gasteiger partial charge in [0.1, 0.15) is 5.76 Å². The number of nitrogen functional groups attached to an aromatic ring is 1. The summed E-state index contributed by atoms with van der Waals surface area (Å²) in [4.78, 5) is 11.9. The van der Waals surface area contributed by atoms with Crippen LogP contribution in [0.4, 0.5) is 5.95 Å². The summed E-state index contributed by atoms with van der Waals surface area (Å²) >= 11 is 1.27. The first-order chi connectivity index (χ1) is 10.1. The highest BCUT2D eigenvalue weighted by Crippen LogP contribution is 2.18. The van der Waals surface area contributed by atoms with E-state index in [4.69, 9.17) is 10.2 Å². The molecule has 8 heteroatoms. The Bertz CT molecular complexity index is 608. The van der Waals surface area contributed by atoms with E-state index in [-0.39, 0.29) is 17.7 Å². The van der Waals surface area contributed by atoms with Gasteiger partial charge in [0, 0.05) is 6.54 Å². The molecular formula is C13H17N5O2S. The van der Waals surface area contributed by atoms with Gasteiger partial charge in [0.15, 0.2) is 5.16 Å². The van der Waals surface area contributed by atoms with Crippen LogP contribution in [-0.4, -0.2) is 26.4 Å². The van der Waals surface area contributed by atoms with Crippen LogP contribution in [-0.2, 0) is 11.3 Å². The summed E-state index contributed by atoms with van der Waals surface area (Å²) in [7, 11) is 0. The standard InChI is InChI=1S/C13H17N5O2S/c1-3-6-18-12(14)16-17-13(18)21-8-11(19)15-9(2)10-5-4-7-20-10/h3-5,7,9H,1,6,8H2,2H3,(H2,14,16)(H,15,19). The lowest BCUT2D eigenvalue weighted by molar-refractivity contribution is -0.119. The van der Waals surface area contributed by atoms with Gasteiger partial charge >= 0.3 is 0 Å². The van der Waals surface area contributed by atoms with Crippen LogP contribution in [0.3, 0.4) is 0 Å². The molecule has 0 radical (unpaired) electrons. The highest BCUT2D eigenvalue weighted by atomic mass is 32.2. The number of hydrogen-bond donors (Lipinski definition) is 2. The van der Waals surface area contributed by atoms with E-state index in [1.165, 1.54) is 11.8 Å². The van der Waals surface area contributed by atoms with Gasteiger partial charge in [0.2, 0.25) is 11.9 Å². The molecule has 0 aliphatic carbocycles. The lowest BCUT2D eigenvalue weighted by atomic mass is 10.2. The maximum atomic E-state index is 11.9. The van der Waals surface area contributed by atoms with Crippen LogP contribution in [0, 0.1) is 0 Å². The lowest BCUT2D eigenvalue weighted by Gasteiger charge is -2.11. The molecule has 2 rings (SSSR count). The summed E-state index contributed by atoms with van der Waals surface area (Å²) in [5, 5.41) is 11.2. The van der Waals surface area contributed by atoms with E-state index in [1.807, 2.05) is 13.0 Å². The van der Waals surface area contributed by atoms with Crippen molar-refractivity contribution in [1.29, 1.82) is 0 Å². The number of carbonyl (C=O) groups excluding carboxylic acids is 1. The highest BCUT2D eigenvalue weighted by molar-refractivity contribution is 7.99. The monoisotopic (exact) mass is 307 g/mol. The van der Waals surface area contributed by atoms with Crippen LogP contribution in [0.5, 0.6) is 0 Å². The lowest BCUT2D eigenvalue weighted by Crippen LogP contribution is -2.28. The quantitative estimate of drug-likeness (QED) is 0.595. The van der Waals surface area contributed by atoms with Crippen LogP contribution in [0.2, 0.25) is 0 Å². The van der Waals surface area contributed by atoms with Crippen molar-refractivity contribution in [3.63, 3.8) is 0 Å². The average molecular weight is 307 g/mol. The van der Waals surface area contributed by atoms with Crippen LogP contribution in [0.1, 0.15) is 18.7 Å². The molecule has 0 spiro atoms. The van der Waals surface area contributed by atoms with Crippen molar-refractivity contribution in [2.45, 2.75) is 24.7 Å². The van der Waals surface area contributed by atoms with Crippen LogP contribution >= 0.6 is 11.8 Å². The molecule has 2 heterocycles. The van der Waals surface area contributed by atoms with Gasteiger partial charge in [-0.1, -0.05) is 17.8 Å². The molecular weight excluding hydrogens is 290 g/mol. The molecule has 2 aromatic rings. The summed E-state index contributed by atoms with van der Waals surface area (Å²) in [5.74, 6) is 1.13. The Morgan fingerprint density at radius 1 is 1.67 bits per heavy atom. The Kier molecular flexibility index (Phi) is 5.04. The van der Waals surface area contributed by atoms with Crippen LogP contribution in [0.25, 0.3) is 0 Å². The fourth-order valence-electron chi connectivity index (χ4n) is 1.73. The van der Waals surface area contributed by atoms with Gasteiger partial charge in [-0.05, 0) is 19.1 Å². The summed E-state index contributed by atoms with van der Waals surface area (Å²) in [6.45, 7) is 6.02. The van der Waals surface area contributed by atoms with E-state index in [1.54, 1.807) is 23.0 Å². The summed E-state index contributed by atoms with van der Waals surface area (Å²) < 4.78 is 6.93. The third-order valence-corrected chi connectivity index (χ3v) is 3.70. The summed E-state index contributed by atoms with van der Waals surface area (Å²) in [6.07, 6.45) is 3.27. The number of hydrogen-bond acceptors (Lipinski definition) is 6. The molecule has 0 saturated carbocycles. The Labute approximate surface area is 126 Å². The number of nitrogens with one attached hydrogen (secondary N) is 1. The maximum absolute atomic E-state index is 11.9. The second-order valence-electron chi connectivity index (χ2n) is 4.33. The molecule has 112 valence electrons. The summed E-state index contributed by atoms with van der Waals surface area (Å²) in [6, 6.07) is 3.43. The zero-order valence-corrected chi connectivity index (χ0v) is 12.5. The number of rotatable bonds is 7. The van der Waals surface area contributed by atoms with Gasteiger partial charge < -0.3 is 15.5 Å². The van der Waals surface area contributed by atoms with E-state index in [0.29, 0.717) is 23.4 Å². The molecule has 1 amide bonds. The second kappa shape index (κ2) is 6.98. The maximum Gasteiger partial charge on any atom is 0.231 e. The molecule has 21 heavy (non-hydrogen) atoms. The molecule has 7 nitrogen and oxygen atoms in total. The van der Waals surface area contributed by atoms with Gasteiger partial charge in [0.05, 0.1) is 18.1 Å². The molecule has 0 aliphatic rings. The number of thioether (sulfide) groups is 1. The van der Waals surface area contributed by atoms with Gasteiger partial charge in [-0.2, -0.15) is 0 Å². The third kappa shape index (κ3) is 3.88. The van der Waals surface area contributed by atoms with Crippen molar-refractivity contribution in [2.75, 3.05) is 11.5 Å². The molecule has 0 aliphatic heterocycles. The van der Waals surface area contributed by atoms with Crippen LogP contribution in [0.15, 0.2) is 40.6 Å². The van der Waals surface area contributed by atoms with Crippen molar-refractivity contribution < 1.29 is 9.21 Å². The number of allylic oxidation sites excluding steroid dienone is 1. The minimum absolute atomic E-state index is 0.115. The predicted molar refractivity (Wildman–Crippen MR) is 80.6 cm³/mol. The number of nitrogens with zero attached hydrogens (tertiary/aromatic N) is 3. The number of amides is 1. The first kappa shape index (κ1) is 15.2. The Morgan fingerprint density at radius 2 is 2.48 bits per heavy atom. The average Bonchev–Trinajstić information content (AvgIpc) is 3.09. The zero-order valence-electron chi connectivity index (χ0n) is 11.7. The normalized spacial score (nSPS) is 12.0. The summed E-state index contributed by atoms with van der Waals surface area (Å²) in [5.41, 5.74) is 5.69. The van der Waals surface area contributed by atoms with Crippen molar-refractivity contribution in [3.05, 3.63) is 36.8 Å². The molecule has 0 bridgehead atoms. The topological polar surface area (TPSA) is 99.0 Å². The Balaban J connectivity index is 1.88. The predicted octanol–water partition coefficient (Wildman–Crippen LogP) is 1.61. The number of nitrogens with two attached hydrogens (primary N) is 1. The molecule has 2 aromatic heterocycles. The van der Waals surface area contributed by atoms with Gasteiger partial charge in [-0.3, -0.25) is 9.36 Å². The molecule has 1 atom stereocenters. The van der Waals surface area contributed by atoms with Crippen molar-refractivity contribution in [3.8, 4) is 0 Å². The second-order valence-corrected chi connectivity index (χ2v) is 5.28. The Hall–Kier alpha value is -2.22. The zero-order chi connectivity index (χ0) is 15.2. The molecule has 1 unspecified atom stereocenters. The van der Waals surface area contributed by atoms with Crippen molar-refractivity contribution >= 4 is 23.6 Å². The first-order valence-electron chi connectivity index (χ1n) is 6.37. The van der Waals surface area contributed by atoms with Gasteiger partial charge in [0.25, 0.3) is 0 Å². The smallest absolute Gasteiger partial charge is 0.231 e. The van der Waals surface area contributed by atoms with E-state index < -0.39 is 0 Å². The number of carbonyl (C=O) groups is 1. The molecule has 0 aromatic carbocycles. The van der Waals surface area contributed by atoms with Crippen LogP contribution < -0.4 is 11.1 Å². The van der Waals surface area contributed by atoms with Crippen molar-refractivity contribution in [1.82, 2.24) is 20.1 Å². The van der Waals surface area contributed by atoms with Gasteiger partial charge in [-0.25, -0.2) is 0 Å². The highest BCUT2D eigenvalue weighted by Gasteiger charge is 2.14. The van der Waals surface area contributed by atoms with Gasteiger partial charge in [-0.15, -0.1) is 16.8 Å².